The van der Waals surface area contributed by atoms with Crippen LogP contribution in [0.3, 0.4) is 0 Å². The lowest BCUT2D eigenvalue weighted by atomic mass is 10.2. The number of esters is 1. The maximum absolute atomic E-state index is 11.9. The molecule has 7 nitrogen and oxygen atoms in total. The van der Waals surface area contributed by atoms with E-state index in [4.69, 9.17) is 21.1 Å². The Balaban J connectivity index is 1.63. The number of benzene rings is 2. The number of allylic oxidation sites excluding steroid dienone is 1. The number of H-pyrrole nitrogens is 1. The minimum absolute atomic E-state index is 0.0986. The molecule has 0 aliphatic heterocycles. The predicted molar refractivity (Wildman–Crippen MR) is 104 cm³/mol. The topological polar surface area (TPSA) is 108 Å². The molecule has 0 unspecified atom stereocenters. The average Bonchev–Trinajstić information content (AvgIpc) is 3.10. The van der Waals surface area contributed by atoms with Crippen LogP contribution >= 0.6 is 11.6 Å². The maximum atomic E-state index is 11.9. The van der Waals surface area contributed by atoms with E-state index in [1.165, 1.54) is 0 Å². The first-order valence-corrected chi connectivity index (χ1v) is 8.67. The fraction of sp³-hybridized carbons (Fsp3) is 0.150. The molecule has 1 heterocycles. The van der Waals surface area contributed by atoms with Crippen molar-refractivity contribution in [2.75, 3.05) is 13.2 Å². The molecule has 0 spiro atoms. The molecular formula is C20H16ClN3O4. The highest BCUT2D eigenvalue weighted by Crippen LogP contribution is 2.22. The smallest absolute Gasteiger partial charge is 0.344 e. The van der Waals surface area contributed by atoms with E-state index < -0.39 is 18.3 Å². The Morgan fingerprint density at radius 1 is 1.29 bits per heavy atom. The summed E-state index contributed by atoms with van der Waals surface area (Å²) in [6.45, 7) is 0.984. The molecule has 28 heavy (non-hydrogen) atoms. The van der Waals surface area contributed by atoms with Crippen LogP contribution in [0.25, 0.3) is 16.6 Å². The minimum atomic E-state index is -0.692. The molecule has 0 aliphatic carbocycles. The van der Waals surface area contributed by atoms with Gasteiger partial charge in [0.1, 0.15) is 24.0 Å². The largest absolute Gasteiger partial charge is 0.507 e. The van der Waals surface area contributed by atoms with Crippen molar-refractivity contribution in [3.05, 3.63) is 64.6 Å². The van der Waals surface area contributed by atoms with Gasteiger partial charge in [-0.3, -0.25) is 0 Å². The molecule has 0 saturated carbocycles. The lowest BCUT2D eigenvalue weighted by Gasteiger charge is -2.09. The highest BCUT2D eigenvalue weighted by atomic mass is 35.5. The number of para-hydroxylation sites is 2. The zero-order chi connectivity index (χ0) is 20.1. The third kappa shape index (κ3) is 4.42. The summed E-state index contributed by atoms with van der Waals surface area (Å²) in [5.41, 5.74) is 2.06. The van der Waals surface area contributed by atoms with Gasteiger partial charge in [-0.15, -0.1) is 0 Å². The number of ether oxygens (including phenoxy) is 2. The van der Waals surface area contributed by atoms with E-state index in [0.29, 0.717) is 16.3 Å². The van der Waals surface area contributed by atoms with Crippen molar-refractivity contribution in [2.24, 2.45) is 0 Å². The van der Waals surface area contributed by atoms with Crippen LogP contribution < -0.4 is 4.74 Å². The number of aryl methyl sites for hydroxylation is 1. The fourth-order valence-electron chi connectivity index (χ4n) is 2.50. The van der Waals surface area contributed by atoms with Gasteiger partial charge in [0.15, 0.2) is 18.2 Å². The van der Waals surface area contributed by atoms with Gasteiger partial charge in [0.2, 0.25) is 0 Å². The summed E-state index contributed by atoms with van der Waals surface area (Å²) in [5, 5.41) is 20.1. The van der Waals surface area contributed by atoms with Gasteiger partial charge in [0, 0.05) is 5.02 Å². The summed E-state index contributed by atoms with van der Waals surface area (Å²) in [4.78, 5) is 19.1. The summed E-state index contributed by atoms with van der Waals surface area (Å²) in [6, 6.07) is 14.1. The van der Waals surface area contributed by atoms with Crippen LogP contribution in [0.15, 0.2) is 48.2 Å². The SMILES string of the molecule is Cc1cc(Cl)ccc1OCC(=O)OCC(O)=C(C#N)c1nc2ccccc2[nH]1. The predicted octanol–water partition coefficient (Wildman–Crippen LogP) is 3.94. The molecule has 0 atom stereocenters. The third-order valence-electron chi connectivity index (χ3n) is 3.88. The van der Waals surface area contributed by atoms with E-state index >= 15 is 0 Å². The number of halogens is 1. The monoisotopic (exact) mass is 397 g/mol. The number of aromatic amines is 1. The van der Waals surface area contributed by atoms with E-state index in [9.17, 15) is 15.2 Å². The molecule has 0 bridgehead atoms. The number of nitrogens with one attached hydrogen (secondary N) is 1. The van der Waals surface area contributed by atoms with E-state index in [1.54, 1.807) is 37.3 Å². The molecule has 1 aromatic heterocycles. The highest BCUT2D eigenvalue weighted by molar-refractivity contribution is 6.30. The Morgan fingerprint density at radius 2 is 2.07 bits per heavy atom. The van der Waals surface area contributed by atoms with Gasteiger partial charge in [-0.2, -0.15) is 5.26 Å². The first-order chi connectivity index (χ1) is 13.5. The van der Waals surface area contributed by atoms with Crippen molar-refractivity contribution in [3.63, 3.8) is 0 Å². The van der Waals surface area contributed by atoms with Crippen molar-refractivity contribution >= 4 is 34.2 Å². The molecular weight excluding hydrogens is 382 g/mol. The summed E-state index contributed by atoms with van der Waals surface area (Å²) in [5.74, 6) is -0.397. The van der Waals surface area contributed by atoms with Gasteiger partial charge in [-0.25, -0.2) is 9.78 Å². The number of nitriles is 1. The number of carbonyl (C=O) groups is 1. The first kappa shape index (κ1) is 19.3. The Hall–Kier alpha value is -3.50. The van der Waals surface area contributed by atoms with Crippen molar-refractivity contribution < 1.29 is 19.4 Å². The lowest BCUT2D eigenvalue weighted by Crippen LogP contribution is -2.17. The van der Waals surface area contributed by atoms with Crippen molar-refractivity contribution in [2.45, 2.75) is 6.92 Å². The zero-order valence-electron chi connectivity index (χ0n) is 14.9. The second-order valence-corrected chi connectivity index (χ2v) is 6.33. The van der Waals surface area contributed by atoms with E-state index in [1.807, 2.05) is 18.2 Å². The maximum Gasteiger partial charge on any atom is 0.344 e. The third-order valence-corrected chi connectivity index (χ3v) is 4.11. The van der Waals surface area contributed by atoms with Crippen LogP contribution in [0.4, 0.5) is 0 Å². The number of hydrogen-bond donors (Lipinski definition) is 2. The lowest BCUT2D eigenvalue weighted by molar-refractivity contribution is -0.145. The van der Waals surface area contributed by atoms with Gasteiger partial charge in [0.25, 0.3) is 0 Å². The zero-order valence-corrected chi connectivity index (χ0v) is 15.7. The van der Waals surface area contributed by atoms with Gasteiger partial charge < -0.3 is 19.6 Å². The number of fused-ring (bicyclic) bond motifs is 1. The van der Waals surface area contributed by atoms with Crippen molar-refractivity contribution in [3.8, 4) is 11.8 Å². The van der Waals surface area contributed by atoms with Crippen LogP contribution in [0.1, 0.15) is 11.4 Å². The Morgan fingerprint density at radius 3 is 2.79 bits per heavy atom. The van der Waals surface area contributed by atoms with Crippen LogP contribution in [0.5, 0.6) is 5.75 Å². The Kier molecular flexibility index (Phi) is 5.82. The molecule has 8 heteroatoms. The van der Waals surface area contributed by atoms with Crippen LogP contribution in [0, 0.1) is 18.3 Å². The molecule has 0 aliphatic rings. The molecule has 0 amide bonds. The second kappa shape index (κ2) is 8.46. The number of aliphatic hydroxyl groups is 1. The Labute approximate surface area is 165 Å². The van der Waals surface area contributed by atoms with Crippen molar-refractivity contribution in [1.82, 2.24) is 9.97 Å². The summed E-state index contributed by atoms with van der Waals surface area (Å²) in [7, 11) is 0. The Bertz CT molecular complexity index is 1070. The number of carbonyl (C=O) groups excluding carboxylic acids is 1. The molecule has 2 aromatic carbocycles. The number of rotatable bonds is 6. The normalized spacial score (nSPS) is 11.6. The van der Waals surface area contributed by atoms with Gasteiger partial charge in [-0.05, 0) is 42.8 Å². The standard InChI is InChI=1S/C20H16ClN3O4/c1-12-8-13(21)6-7-18(12)27-11-19(26)28-10-17(25)14(9-22)20-23-15-4-2-3-5-16(15)24-20/h2-8,25H,10-11H2,1H3,(H,23,24). The molecule has 3 rings (SSSR count). The van der Waals surface area contributed by atoms with Gasteiger partial charge in [0.05, 0.1) is 11.0 Å². The quantitative estimate of drug-likeness (QED) is 0.370. The fourth-order valence-corrected chi connectivity index (χ4v) is 2.73. The van der Waals surface area contributed by atoms with E-state index in [0.717, 1.165) is 11.1 Å². The average molecular weight is 398 g/mol. The summed E-state index contributed by atoms with van der Waals surface area (Å²) >= 11 is 5.87. The number of aliphatic hydroxyl groups excluding tert-OH is 1. The van der Waals surface area contributed by atoms with Crippen molar-refractivity contribution in [1.29, 1.82) is 5.26 Å². The number of imidazole rings is 1. The highest BCUT2D eigenvalue weighted by Gasteiger charge is 2.15. The van der Waals surface area contributed by atoms with Gasteiger partial charge in [-0.1, -0.05) is 23.7 Å². The number of aromatic nitrogens is 2. The number of hydrogen-bond acceptors (Lipinski definition) is 6. The molecule has 3 aromatic rings. The molecule has 0 radical (unpaired) electrons. The van der Waals surface area contributed by atoms with Crippen LogP contribution in [-0.2, 0) is 9.53 Å². The summed E-state index contributed by atoms with van der Waals surface area (Å²) in [6.07, 6.45) is 0. The molecule has 0 saturated heterocycles. The first-order valence-electron chi connectivity index (χ1n) is 8.30. The summed E-state index contributed by atoms with van der Waals surface area (Å²) < 4.78 is 10.4. The molecule has 2 N–H and O–H groups in total. The minimum Gasteiger partial charge on any atom is -0.507 e. The molecule has 142 valence electrons. The number of nitrogens with zero attached hydrogens (tertiary/aromatic N) is 2. The molecule has 0 fully saturated rings. The van der Waals surface area contributed by atoms with Gasteiger partial charge >= 0.3 is 5.97 Å². The van der Waals surface area contributed by atoms with Crippen LogP contribution in [-0.4, -0.2) is 34.3 Å². The van der Waals surface area contributed by atoms with Crippen LogP contribution in [0.2, 0.25) is 5.02 Å². The second-order valence-electron chi connectivity index (χ2n) is 5.90. The van der Waals surface area contributed by atoms with E-state index in [-0.39, 0.29) is 18.0 Å². The van der Waals surface area contributed by atoms with E-state index in [2.05, 4.69) is 9.97 Å².